The summed E-state index contributed by atoms with van der Waals surface area (Å²) < 4.78 is 12.1. The van der Waals surface area contributed by atoms with Crippen LogP contribution >= 0.6 is 0 Å². The Morgan fingerprint density at radius 3 is 2.68 bits per heavy atom. The molecular weight excluding hydrogens is 394 g/mol. The van der Waals surface area contributed by atoms with Crippen molar-refractivity contribution in [1.29, 1.82) is 0 Å². The molecule has 0 bridgehead atoms. The molecule has 0 aliphatic heterocycles. The van der Waals surface area contributed by atoms with E-state index in [1.807, 2.05) is 54.8 Å². The Morgan fingerprint density at radius 2 is 1.90 bits per heavy atom. The number of Topliss-reactive ketones (excluding diaryl/α,β-unsaturated/α-hetero) is 1. The fourth-order valence-corrected chi connectivity index (χ4v) is 3.45. The van der Waals surface area contributed by atoms with Crippen molar-refractivity contribution < 1.29 is 18.8 Å². The Morgan fingerprint density at radius 1 is 1.10 bits per heavy atom. The molecule has 0 aliphatic rings. The summed E-state index contributed by atoms with van der Waals surface area (Å²) in [6.07, 6.45) is 2.84. The Kier molecular flexibility index (Phi) is 5.49. The maximum Gasteiger partial charge on any atom is 0.331 e. The van der Waals surface area contributed by atoms with Crippen LogP contribution < -0.4 is 0 Å². The van der Waals surface area contributed by atoms with Crippen LogP contribution in [-0.2, 0) is 9.53 Å². The fraction of sp³-hybridized carbons (Fsp3) is 0.167. The summed E-state index contributed by atoms with van der Waals surface area (Å²) in [5.41, 5.74) is 3.50. The van der Waals surface area contributed by atoms with E-state index in [4.69, 9.17) is 9.26 Å². The molecule has 31 heavy (non-hydrogen) atoms. The van der Waals surface area contributed by atoms with Crippen molar-refractivity contribution in [2.24, 2.45) is 0 Å². The number of fused-ring (bicyclic) bond motifs is 1. The minimum atomic E-state index is -0.607. The van der Waals surface area contributed by atoms with Gasteiger partial charge in [0.15, 0.2) is 12.4 Å². The molecule has 0 atom stereocenters. The number of aryl methyl sites for hydroxylation is 2. The van der Waals surface area contributed by atoms with Gasteiger partial charge in [-0.15, -0.1) is 0 Å². The third-order valence-corrected chi connectivity index (χ3v) is 4.93. The second-order valence-electron chi connectivity index (χ2n) is 7.21. The number of hydrogen-bond donors (Lipinski definition) is 0. The molecule has 7 heteroatoms. The highest BCUT2D eigenvalue weighted by Gasteiger charge is 2.19. The first-order chi connectivity index (χ1) is 14.9. The predicted molar refractivity (Wildman–Crippen MR) is 116 cm³/mol. The highest BCUT2D eigenvalue weighted by atomic mass is 16.5. The van der Waals surface area contributed by atoms with Gasteiger partial charge in [0.1, 0.15) is 5.76 Å². The van der Waals surface area contributed by atoms with E-state index in [1.165, 1.54) is 6.08 Å². The molecule has 0 saturated heterocycles. The first kappa shape index (κ1) is 20.3. The molecule has 1 aromatic carbocycles. The molecule has 0 radical (unpaired) electrons. The van der Waals surface area contributed by atoms with Gasteiger partial charge in [0.2, 0.25) is 5.78 Å². The van der Waals surface area contributed by atoms with E-state index >= 15 is 0 Å². The van der Waals surface area contributed by atoms with Crippen LogP contribution in [-0.4, -0.2) is 33.1 Å². The lowest BCUT2D eigenvalue weighted by atomic mass is 10.1. The van der Waals surface area contributed by atoms with E-state index in [0.29, 0.717) is 28.5 Å². The monoisotopic (exact) mass is 415 g/mol. The zero-order valence-corrected chi connectivity index (χ0v) is 17.5. The highest BCUT2D eigenvalue weighted by molar-refractivity contribution is 6.00. The van der Waals surface area contributed by atoms with Crippen LogP contribution in [0.4, 0.5) is 0 Å². The highest BCUT2D eigenvalue weighted by Crippen LogP contribution is 2.21. The molecule has 3 aromatic heterocycles. The number of carbonyl (C=O) groups is 2. The number of ketones is 1. The quantitative estimate of drug-likeness (QED) is 0.264. The maximum atomic E-state index is 12.6. The number of carbonyl (C=O) groups excluding carboxylic acids is 2. The van der Waals surface area contributed by atoms with Gasteiger partial charge in [0.05, 0.1) is 11.2 Å². The molecule has 4 rings (SSSR count). The number of para-hydroxylation sites is 1. The number of esters is 1. The van der Waals surface area contributed by atoms with Crippen LogP contribution in [0, 0.1) is 20.8 Å². The van der Waals surface area contributed by atoms with Crippen LogP contribution in [0.15, 0.2) is 59.1 Å². The third kappa shape index (κ3) is 4.30. The van der Waals surface area contributed by atoms with Crippen LogP contribution in [0.1, 0.15) is 33.2 Å². The van der Waals surface area contributed by atoms with E-state index in [0.717, 1.165) is 16.6 Å². The van der Waals surface area contributed by atoms with Crippen molar-refractivity contribution in [2.75, 3.05) is 6.61 Å². The Labute approximate surface area is 178 Å². The van der Waals surface area contributed by atoms with Crippen LogP contribution in [0.5, 0.6) is 0 Å². The third-order valence-electron chi connectivity index (χ3n) is 4.93. The van der Waals surface area contributed by atoms with Gasteiger partial charge in [-0.05, 0) is 45.0 Å². The minimum absolute atomic E-state index is 0.287. The SMILES string of the molecule is Cc1cc(-n2c(C)cc(C(=O)COC(=O)/C=C/c3ccc4ccccc4n3)c2C)no1. The van der Waals surface area contributed by atoms with Crippen LogP contribution in [0.3, 0.4) is 0 Å². The normalized spacial score (nSPS) is 11.3. The van der Waals surface area contributed by atoms with Crippen molar-refractivity contribution in [3.63, 3.8) is 0 Å². The molecule has 7 nitrogen and oxygen atoms in total. The van der Waals surface area contributed by atoms with Gasteiger partial charge in [-0.2, -0.15) is 0 Å². The summed E-state index contributed by atoms with van der Waals surface area (Å²) in [6, 6.07) is 15.0. The average Bonchev–Trinajstić information content (AvgIpc) is 3.32. The van der Waals surface area contributed by atoms with Gasteiger partial charge in [-0.1, -0.05) is 29.4 Å². The number of pyridine rings is 1. The van der Waals surface area contributed by atoms with E-state index in [2.05, 4.69) is 10.1 Å². The summed E-state index contributed by atoms with van der Waals surface area (Å²) in [7, 11) is 0. The van der Waals surface area contributed by atoms with Crippen molar-refractivity contribution >= 4 is 28.7 Å². The van der Waals surface area contributed by atoms with Gasteiger partial charge in [0.25, 0.3) is 0 Å². The summed E-state index contributed by atoms with van der Waals surface area (Å²) in [5, 5.41) is 5.02. The second kappa shape index (κ2) is 8.39. The number of nitrogens with zero attached hydrogens (tertiary/aromatic N) is 3. The van der Waals surface area contributed by atoms with Gasteiger partial charge >= 0.3 is 5.97 Å². The van der Waals surface area contributed by atoms with Crippen molar-refractivity contribution in [3.8, 4) is 5.82 Å². The molecule has 0 fully saturated rings. The van der Waals surface area contributed by atoms with E-state index in [-0.39, 0.29) is 12.4 Å². The van der Waals surface area contributed by atoms with Crippen molar-refractivity contribution in [2.45, 2.75) is 20.8 Å². The summed E-state index contributed by atoms with van der Waals surface area (Å²) in [5.74, 6) is 0.390. The first-order valence-corrected chi connectivity index (χ1v) is 9.79. The lowest BCUT2D eigenvalue weighted by Gasteiger charge is -2.05. The van der Waals surface area contributed by atoms with Crippen molar-refractivity contribution in [1.82, 2.24) is 14.7 Å². The number of benzene rings is 1. The minimum Gasteiger partial charge on any atom is -0.454 e. The number of hydrogen-bond acceptors (Lipinski definition) is 6. The lowest BCUT2D eigenvalue weighted by Crippen LogP contribution is -2.13. The van der Waals surface area contributed by atoms with Gasteiger partial charge in [-0.25, -0.2) is 9.78 Å². The molecule has 4 aromatic rings. The number of rotatable bonds is 6. The smallest absolute Gasteiger partial charge is 0.331 e. The zero-order valence-electron chi connectivity index (χ0n) is 17.5. The molecule has 0 aliphatic carbocycles. The number of ether oxygens (including phenoxy) is 1. The van der Waals surface area contributed by atoms with Crippen LogP contribution in [0.25, 0.3) is 22.8 Å². The second-order valence-corrected chi connectivity index (χ2v) is 7.21. The zero-order chi connectivity index (χ0) is 22.0. The molecule has 0 unspecified atom stereocenters. The summed E-state index contributed by atoms with van der Waals surface area (Å²) in [6.45, 7) is 5.14. The Hall–Kier alpha value is -4.00. The van der Waals surface area contributed by atoms with Gasteiger partial charge in [-0.3, -0.25) is 9.36 Å². The van der Waals surface area contributed by atoms with E-state index < -0.39 is 5.97 Å². The predicted octanol–water partition coefficient (Wildman–Crippen LogP) is 4.38. The van der Waals surface area contributed by atoms with Crippen LogP contribution in [0.2, 0.25) is 0 Å². The summed E-state index contributed by atoms with van der Waals surface area (Å²) in [4.78, 5) is 29.2. The molecule has 3 heterocycles. The lowest BCUT2D eigenvalue weighted by molar-refractivity contribution is -0.136. The molecule has 0 amide bonds. The molecule has 0 spiro atoms. The largest absolute Gasteiger partial charge is 0.454 e. The topological polar surface area (TPSA) is 87.2 Å². The average molecular weight is 415 g/mol. The van der Waals surface area contributed by atoms with Gasteiger partial charge in [0, 0.05) is 34.5 Å². The van der Waals surface area contributed by atoms with E-state index in [1.54, 1.807) is 25.1 Å². The number of aromatic nitrogens is 3. The standard InChI is InChI=1S/C24H21N3O4/c1-15-12-20(17(3)27(15)23-13-16(2)31-26-23)22(28)14-30-24(29)11-10-19-9-8-18-6-4-5-7-21(18)25-19/h4-13H,14H2,1-3H3/b11-10+. The molecular formula is C24H21N3O4. The Bertz CT molecular complexity index is 1310. The molecule has 156 valence electrons. The maximum absolute atomic E-state index is 12.6. The first-order valence-electron chi connectivity index (χ1n) is 9.79. The van der Waals surface area contributed by atoms with E-state index in [9.17, 15) is 9.59 Å². The molecule has 0 saturated carbocycles. The van der Waals surface area contributed by atoms with Crippen molar-refractivity contribution in [3.05, 3.63) is 83.0 Å². The summed E-state index contributed by atoms with van der Waals surface area (Å²) >= 11 is 0. The fourth-order valence-electron chi connectivity index (χ4n) is 3.45. The van der Waals surface area contributed by atoms with Gasteiger partial charge < -0.3 is 9.26 Å². The molecule has 0 N–H and O–H groups in total. The Balaban J connectivity index is 1.41.